The van der Waals surface area contributed by atoms with Gasteiger partial charge in [-0.05, 0) is 31.4 Å². The molecule has 0 radical (unpaired) electrons. The summed E-state index contributed by atoms with van der Waals surface area (Å²) in [5, 5.41) is 0. The van der Waals surface area contributed by atoms with E-state index in [1.165, 1.54) is 19.3 Å². The van der Waals surface area contributed by atoms with Gasteiger partial charge in [-0.2, -0.15) is 0 Å². The number of ether oxygens (including phenoxy) is 1. The van der Waals surface area contributed by atoms with Crippen LogP contribution in [-0.4, -0.2) is 11.9 Å². The lowest BCUT2D eigenvalue weighted by Crippen LogP contribution is -2.12. The van der Waals surface area contributed by atoms with E-state index in [9.17, 15) is 9.59 Å². The van der Waals surface area contributed by atoms with Crippen LogP contribution in [0.1, 0.15) is 61.7 Å². The van der Waals surface area contributed by atoms with E-state index in [1.54, 1.807) is 24.3 Å². The molecule has 0 saturated heterocycles. The number of carbonyl (C=O) groups excluding carboxylic acids is 2. The molecule has 0 aliphatic rings. The van der Waals surface area contributed by atoms with Gasteiger partial charge in [0.15, 0.2) is 0 Å². The number of esters is 2. The second-order valence-electron chi connectivity index (χ2n) is 5.08. The van der Waals surface area contributed by atoms with Crippen molar-refractivity contribution in [3.8, 4) is 0 Å². The highest BCUT2D eigenvalue weighted by molar-refractivity contribution is 5.96. The molecule has 0 heterocycles. The van der Waals surface area contributed by atoms with Gasteiger partial charge in [0.2, 0.25) is 0 Å². The first-order valence-corrected chi connectivity index (χ1v) is 7.65. The first-order chi connectivity index (χ1) is 10.2. The van der Waals surface area contributed by atoms with Crippen molar-refractivity contribution in [2.45, 2.75) is 51.4 Å². The van der Waals surface area contributed by atoms with Gasteiger partial charge in [0.1, 0.15) is 0 Å². The third kappa shape index (κ3) is 8.08. The van der Waals surface area contributed by atoms with Gasteiger partial charge in [0, 0.05) is 6.42 Å². The molecule has 0 spiro atoms. The van der Waals surface area contributed by atoms with E-state index in [0.29, 0.717) is 12.0 Å². The first kappa shape index (κ1) is 17.2. The molecule has 0 aliphatic heterocycles. The van der Waals surface area contributed by atoms with Crippen LogP contribution in [0.2, 0.25) is 0 Å². The van der Waals surface area contributed by atoms with Crippen LogP contribution in [0.25, 0.3) is 0 Å². The highest BCUT2D eigenvalue weighted by Gasteiger charge is 2.11. The molecule has 3 heteroatoms. The van der Waals surface area contributed by atoms with Gasteiger partial charge in [-0.25, -0.2) is 4.79 Å². The van der Waals surface area contributed by atoms with E-state index in [1.807, 2.05) is 12.1 Å². The minimum atomic E-state index is -0.565. The Kier molecular flexibility index (Phi) is 8.85. The lowest BCUT2D eigenvalue weighted by Gasteiger charge is -2.03. The molecule has 0 aromatic heterocycles. The molecule has 114 valence electrons. The summed E-state index contributed by atoms with van der Waals surface area (Å²) in [5.74, 6) is -1.000. The summed E-state index contributed by atoms with van der Waals surface area (Å²) >= 11 is 0. The topological polar surface area (TPSA) is 43.4 Å². The van der Waals surface area contributed by atoms with Crippen LogP contribution < -0.4 is 0 Å². The number of rotatable bonds is 10. The monoisotopic (exact) mass is 288 g/mol. The molecule has 0 aliphatic carbocycles. The molecular weight excluding hydrogens is 264 g/mol. The molecule has 0 amide bonds. The fourth-order valence-corrected chi connectivity index (χ4v) is 2.05. The Morgan fingerprint density at radius 2 is 1.57 bits per heavy atom. The minimum Gasteiger partial charge on any atom is -0.389 e. The summed E-state index contributed by atoms with van der Waals surface area (Å²) in [6.07, 6.45) is 9.83. The molecule has 0 saturated carbocycles. The third-order valence-corrected chi connectivity index (χ3v) is 3.26. The van der Waals surface area contributed by atoms with Crippen molar-refractivity contribution in [2.24, 2.45) is 0 Å². The zero-order valence-corrected chi connectivity index (χ0v) is 12.6. The minimum absolute atomic E-state index is 0.311. The Balaban J connectivity index is 2.06. The second kappa shape index (κ2) is 10.8. The molecule has 1 rings (SSSR count). The zero-order valence-electron chi connectivity index (χ0n) is 12.6. The maximum atomic E-state index is 11.6. The number of hydrogen-bond acceptors (Lipinski definition) is 3. The number of allylic oxidation sites excluding steroid dienone is 1. The molecule has 1 aromatic rings. The predicted molar refractivity (Wildman–Crippen MR) is 84.0 cm³/mol. The average molecular weight is 288 g/mol. The highest BCUT2D eigenvalue weighted by Crippen LogP contribution is 2.10. The summed E-state index contributed by atoms with van der Waals surface area (Å²) in [6, 6.07) is 8.58. The average Bonchev–Trinajstić information content (AvgIpc) is 2.50. The van der Waals surface area contributed by atoms with E-state index >= 15 is 0 Å². The van der Waals surface area contributed by atoms with Crippen molar-refractivity contribution in [3.63, 3.8) is 0 Å². The van der Waals surface area contributed by atoms with Crippen LogP contribution in [-0.2, 0) is 9.53 Å². The Morgan fingerprint density at radius 3 is 2.24 bits per heavy atom. The van der Waals surface area contributed by atoms with Gasteiger partial charge in [-0.15, -0.1) is 6.58 Å². The molecule has 0 fully saturated rings. The van der Waals surface area contributed by atoms with Crippen molar-refractivity contribution in [3.05, 3.63) is 48.6 Å². The zero-order chi connectivity index (χ0) is 15.3. The molecule has 0 bridgehead atoms. The first-order valence-electron chi connectivity index (χ1n) is 7.65. The summed E-state index contributed by atoms with van der Waals surface area (Å²) in [4.78, 5) is 23.2. The van der Waals surface area contributed by atoms with Crippen molar-refractivity contribution < 1.29 is 14.3 Å². The summed E-state index contributed by atoms with van der Waals surface area (Å²) in [7, 11) is 0. The number of benzene rings is 1. The molecule has 3 nitrogen and oxygen atoms in total. The van der Waals surface area contributed by atoms with E-state index in [0.717, 1.165) is 25.7 Å². The molecule has 21 heavy (non-hydrogen) atoms. The summed E-state index contributed by atoms with van der Waals surface area (Å²) < 4.78 is 4.81. The standard InChI is InChI=1S/C18H24O3/c1-2-3-4-5-6-7-8-12-15-17(19)21-18(20)16-13-10-9-11-14-16/h2,9-11,13-14H,1,3-8,12,15H2. The third-order valence-electron chi connectivity index (χ3n) is 3.26. The van der Waals surface area contributed by atoms with Crippen LogP contribution in [0.3, 0.4) is 0 Å². The quantitative estimate of drug-likeness (QED) is 0.272. The predicted octanol–water partition coefficient (Wildman–Crippen LogP) is 4.68. The van der Waals surface area contributed by atoms with E-state index in [4.69, 9.17) is 4.74 Å². The molecular formula is C18H24O3. The van der Waals surface area contributed by atoms with E-state index in [2.05, 4.69) is 6.58 Å². The van der Waals surface area contributed by atoms with Gasteiger partial charge in [-0.3, -0.25) is 4.79 Å². The van der Waals surface area contributed by atoms with E-state index < -0.39 is 11.9 Å². The number of unbranched alkanes of at least 4 members (excludes halogenated alkanes) is 6. The largest absolute Gasteiger partial charge is 0.389 e. The van der Waals surface area contributed by atoms with Crippen LogP contribution in [0.4, 0.5) is 0 Å². The maximum absolute atomic E-state index is 11.6. The Hall–Kier alpha value is -1.90. The van der Waals surface area contributed by atoms with Crippen molar-refractivity contribution >= 4 is 11.9 Å². The Morgan fingerprint density at radius 1 is 0.952 bits per heavy atom. The molecule has 1 aromatic carbocycles. The smallest absolute Gasteiger partial charge is 0.345 e. The Bertz CT molecular complexity index is 437. The molecule has 0 unspecified atom stereocenters. The molecule has 0 N–H and O–H groups in total. The number of hydrogen-bond donors (Lipinski definition) is 0. The lowest BCUT2D eigenvalue weighted by molar-refractivity contribution is -0.138. The van der Waals surface area contributed by atoms with Gasteiger partial charge >= 0.3 is 11.9 Å². The van der Waals surface area contributed by atoms with Gasteiger partial charge in [0.25, 0.3) is 0 Å². The summed E-state index contributed by atoms with van der Waals surface area (Å²) in [5.41, 5.74) is 0.410. The SMILES string of the molecule is C=CCCCCCCCCC(=O)OC(=O)c1ccccc1. The lowest BCUT2D eigenvalue weighted by atomic mass is 10.1. The van der Waals surface area contributed by atoms with Gasteiger partial charge < -0.3 is 4.74 Å². The summed E-state index contributed by atoms with van der Waals surface area (Å²) in [6.45, 7) is 3.69. The van der Waals surface area contributed by atoms with Crippen molar-refractivity contribution in [1.29, 1.82) is 0 Å². The fraction of sp³-hybridized carbons (Fsp3) is 0.444. The normalized spacial score (nSPS) is 10.1. The van der Waals surface area contributed by atoms with Crippen LogP contribution in [0.15, 0.2) is 43.0 Å². The van der Waals surface area contributed by atoms with Crippen LogP contribution in [0.5, 0.6) is 0 Å². The fourth-order valence-electron chi connectivity index (χ4n) is 2.05. The van der Waals surface area contributed by atoms with Crippen molar-refractivity contribution in [1.82, 2.24) is 0 Å². The van der Waals surface area contributed by atoms with E-state index in [-0.39, 0.29) is 0 Å². The highest BCUT2D eigenvalue weighted by atomic mass is 16.6. The van der Waals surface area contributed by atoms with Crippen LogP contribution >= 0.6 is 0 Å². The van der Waals surface area contributed by atoms with Crippen molar-refractivity contribution in [2.75, 3.05) is 0 Å². The molecule has 0 atom stereocenters. The van der Waals surface area contributed by atoms with Gasteiger partial charge in [-0.1, -0.05) is 50.0 Å². The van der Waals surface area contributed by atoms with Crippen LogP contribution in [0, 0.1) is 0 Å². The second-order valence-corrected chi connectivity index (χ2v) is 5.08. The number of carbonyl (C=O) groups is 2. The Labute approximate surface area is 127 Å². The maximum Gasteiger partial charge on any atom is 0.345 e. The van der Waals surface area contributed by atoms with Gasteiger partial charge in [0.05, 0.1) is 5.56 Å².